The summed E-state index contributed by atoms with van der Waals surface area (Å²) < 4.78 is 0. The van der Waals surface area contributed by atoms with Crippen molar-refractivity contribution in [3.8, 4) is 0 Å². The van der Waals surface area contributed by atoms with Gasteiger partial charge in [-0.3, -0.25) is 9.59 Å². The molecule has 1 spiro atoms. The largest absolute Gasteiger partial charge is 0.350 e. The van der Waals surface area contributed by atoms with Crippen LogP contribution in [0.15, 0.2) is 72.8 Å². The number of amides is 2. The number of anilines is 2. The number of carbonyl (C=O) groups is 2. The molecule has 0 unspecified atom stereocenters. The fourth-order valence-electron chi connectivity index (χ4n) is 3.90. The normalized spacial score (nSPS) is 19.8. The lowest BCUT2D eigenvalue weighted by atomic mass is 9.95. The van der Waals surface area contributed by atoms with Gasteiger partial charge in [0.05, 0.1) is 17.8 Å². The van der Waals surface area contributed by atoms with Crippen LogP contribution in [0.3, 0.4) is 0 Å². The van der Waals surface area contributed by atoms with Gasteiger partial charge >= 0.3 is 0 Å². The molecule has 0 saturated heterocycles. The molecule has 0 radical (unpaired) electrons. The van der Waals surface area contributed by atoms with E-state index in [2.05, 4.69) is 10.6 Å². The van der Waals surface area contributed by atoms with Crippen molar-refractivity contribution < 1.29 is 9.59 Å². The molecular weight excluding hydrogens is 374 g/mol. The third-order valence-corrected chi connectivity index (χ3v) is 5.43. The van der Waals surface area contributed by atoms with Crippen molar-refractivity contribution in [1.29, 1.82) is 0 Å². The van der Waals surface area contributed by atoms with Gasteiger partial charge in [-0.05, 0) is 29.8 Å². The van der Waals surface area contributed by atoms with E-state index in [1.54, 1.807) is 41.3 Å². The van der Waals surface area contributed by atoms with Crippen molar-refractivity contribution in [2.24, 2.45) is 0 Å². The first-order valence-corrected chi connectivity index (χ1v) is 9.32. The Labute approximate surface area is 166 Å². The van der Waals surface area contributed by atoms with E-state index >= 15 is 0 Å². The standard InChI is InChI=1S/C22H16ClN3O2/c23-15-10-11-17-19(12-15)26(13-14-6-2-1-3-7-14)21(28)22(17)24-18-9-5-4-8-16(18)20(27)25-22/h1-12,24H,13H2,(H,25,27)/t22-/m1/s1. The second kappa shape index (κ2) is 6.11. The Bertz CT molecular complexity index is 1120. The smallest absolute Gasteiger partial charge is 0.278 e. The van der Waals surface area contributed by atoms with Crippen LogP contribution in [0.2, 0.25) is 5.02 Å². The fourth-order valence-corrected chi connectivity index (χ4v) is 4.06. The van der Waals surface area contributed by atoms with Gasteiger partial charge in [0.2, 0.25) is 5.66 Å². The monoisotopic (exact) mass is 389 g/mol. The van der Waals surface area contributed by atoms with Crippen molar-refractivity contribution >= 4 is 34.8 Å². The number of rotatable bonds is 2. The maximum atomic E-state index is 13.6. The minimum absolute atomic E-state index is 0.239. The average Bonchev–Trinajstić information content (AvgIpc) is 2.91. The van der Waals surface area contributed by atoms with E-state index < -0.39 is 5.66 Å². The summed E-state index contributed by atoms with van der Waals surface area (Å²) in [6, 6.07) is 22.2. The maximum absolute atomic E-state index is 13.6. The number of nitrogens with one attached hydrogen (secondary N) is 2. The van der Waals surface area contributed by atoms with Crippen LogP contribution >= 0.6 is 11.6 Å². The van der Waals surface area contributed by atoms with Crippen molar-refractivity contribution in [2.45, 2.75) is 12.2 Å². The zero-order valence-corrected chi connectivity index (χ0v) is 15.5. The van der Waals surface area contributed by atoms with Crippen LogP contribution in [0.25, 0.3) is 0 Å². The molecule has 2 aliphatic heterocycles. The molecule has 3 aromatic rings. The zero-order valence-electron chi connectivity index (χ0n) is 14.8. The highest BCUT2D eigenvalue weighted by Crippen LogP contribution is 2.44. The molecule has 28 heavy (non-hydrogen) atoms. The Morgan fingerprint density at radius 3 is 2.46 bits per heavy atom. The summed E-state index contributed by atoms with van der Waals surface area (Å²) in [4.78, 5) is 28.1. The highest BCUT2D eigenvalue weighted by Gasteiger charge is 2.54. The molecule has 138 valence electrons. The molecule has 2 aliphatic rings. The fraction of sp³-hybridized carbons (Fsp3) is 0.0909. The second-order valence-corrected chi connectivity index (χ2v) is 7.35. The summed E-state index contributed by atoms with van der Waals surface area (Å²) in [6.07, 6.45) is 0. The van der Waals surface area contributed by atoms with Crippen molar-refractivity contribution in [3.63, 3.8) is 0 Å². The predicted molar refractivity (Wildman–Crippen MR) is 108 cm³/mol. The van der Waals surface area contributed by atoms with Crippen LogP contribution in [0, 0.1) is 0 Å². The van der Waals surface area contributed by atoms with E-state index in [0.29, 0.717) is 34.1 Å². The Morgan fingerprint density at radius 2 is 1.64 bits per heavy atom. The molecule has 0 aliphatic carbocycles. The Morgan fingerprint density at radius 1 is 0.893 bits per heavy atom. The van der Waals surface area contributed by atoms with Crippen LogP contribution in [0.4, 0.5) is 11.4 Å². The Hall–Kier alpha value is -3.31. The van der Waals surface area contributed by atoms with E-state index in [9.17, 15) is 9.59 Å². The summed E-state index contributed by atoms with van der Waals surface area (Å²) >= 11 is 6.23. The molecule has 0 aromatic heterocycles. The molecule has 1 atom stereocenters. The van der Waals surface area contributed by atoms with E-state index in [1.807, 2.05) is 36.4 Å². The van der Waals surface area contributed by atoms with Crippen molar-refractivity contribution in [2.75, 3.05) is 10.2 Å². The van der Waals surface area contributed by atoms with Crippen LogP contribution in [0.1, 0.15) is 21.5 Å². The Balaban J connectivity index is 1.65. The van der Waals surface area contributed by atoms with Crippen molar-refractivity contribution in [3.05, 3.63) is 94.5 Å². The highest BCUT2D eigenvalue weighted by atomic mass is 35.5. The molecule has 5 nitrogen and oxygen atoms in total. The molecule has 2 heterocycles. The third-order valence-electron chi connectivity index (χ3n) is 5.20. The molecular formula is C22H16ClN3O2. The lowest BCUT2D eigenvalue weighted by molar-refractivity contribution is -0.123. The minimum atomic E-state index is -1.35. The van der Waals surface area contributed by atoms with Gasteiger partial charge in [-0.1, -0.05) is 60.1 Å². The maximum Gasteiger partial charge on any atom is 0.278 e. The summed E-state index contributed by atoms with van der Waals surface area (Å²) in [5.74, 6) is -0.526. The van der Waals surface area contributed by atoms with Gasteiger partial charge < -0.3 is 15.5 Å². The number of halogens is 1. The van der Waals surface area contributed by atoms with E-state index in [4.69, 9.17) is 11.6 Å². The zero-order chi connectivity index (χ0) is 19.3. The molecule has 0 saturated carbocycles. The van der Waals surface area contributed by atoms with Crippen LogP contribution in [0.5, 0.6) is 0 Å². The number of fused-ring (bicyclic) bond motifs is 3. The number of carbonyl (C=O) groups excluding carboxylic acids is 2. The Kier molecular flexibility index (Phi) is 3.67. The molecule has 5 rings (SSSR count). The van der Waals surface area contributed by atoms with Gasteiger partial charge in [-0.2, -0.15) is 0 Å². The van der Waals surface area contributed by atoms with Gasteiger partial charge in [0.1, 0.15) is 0 Å². The average molecular weight is 390 g/mol. The lowest BCUT2D eigenvalue weighted by Gasteiger charge is -2.36. The number of benzene rings is 3. The predicted octanol–water partition coefficient (Wildman–Crippen LogP) is 3.90. The van der Waals surface area contributed by atoms with E-state index in [0.717, 1.165) is 5.56 Å². The first-order valence-electron chi connectivity index (χ1n) is 8.94. The number of para-hydroxylation sites is 1. The minimum Gasteiger partial charge on any atom is -0.350 e. The topological polar surface area (TPSA) is 61.4 Å². The summed E-state index contributed by atoms with van der Waals surface area (Å²) in [7, 11) is 0. The van der Waals surface area contributed by atoms with E-state index in [1.165, 1.54) is 0 Å². The van der Waals surface area contributed by atoms with Gasteiger partial charge in [0.15, 0.2) is 0 Å². The van der Waals surface area contributed by atoms with Crippen molar-refractivity contribution in [1.82, 2.24) is 5.32 Å². The van der Waals surface area contributed by atoms with Crippen LogP contribution in [-0.4, -0.2) is 11.8 Å². The summed E-state index contributed by atoms with van der Waals surface area (Å²) in [6.45, 7) is 0.383. The SMILES string of the molecule is O=C1N[C@@]2(Nc3ccccc31)C(=O)N(Cc1ccccc1)c1cc(Cl)ccc12. The van der Waals surface area contributed by atoms with E-state index in [-0.39, 0.29) is 11.8 Å². The number of hydrogen-bond donors (Lipinski definition) is 2. The van der Waals surface area contributed by atoms with Gasteiger partial charge in [-0.15, -0.1) is 0 Å². The first kappa shape index (κ1) is 16.8. The second-order valence-electron chi connectivity index (χ2n) is 6.91. The quantitative estimate of drug-likeness (QED) is 0.699. The molecule has 2 N–H and O–H groups in total. The molecule has 0 bridgehead atoms. The molecule has 2 amide bonds. The third kappa shape index (κ3) is 2.40. The highest BCUT2D eigenvalue weighted by molar-refractivity contribution is 6.31. The van der Waals surface area contributed by atoms with Gasteiger partial charge in [0.25, 0.3) is 11.8 Å². The number of nitrogens with zero attached hydrogens (tertiary/aromatic N) is 1. The first-order chi connectivity index (χ1) is 13.6. The molecule has 3 aromatic carbocycles. The summed E-state index contributed by atoms with van der Waals surface area (Å²) in [5.41, 5.74) is 2.15. The summed E-state index contributed by atoms with van der Waals surface area (Å²) in [5, 5.41) is 6.71. The van der Waals surface area contributed by atoms with Gasteiger partial charge in [-0.25, -0.2) is 0 Å². The number of hydrogen-bond acceptors (Lipinski definition) is 3. The van der Waals surface area contributed by atoms with Crippen LogP contribution in [-0.2, 0) is 17.0 Å². The molecule has 0 fully saturated rings. The van der Waals surface area contributed by atoms with Crippen LogP contribution < -0.4 is 15.5 Å². The van der Waals surface area contributed by atoms with Gasteiger partial charge in [0, 0.05) is 16.3 Å². The lowest BCUT2D eigenvalue weighted by Crippen LogP contribution is -2.60. The molecule has 6 heteroatoms.